The van der Waals surface area contributed by atoms with E-state index in [1.165, 1.54) is 0 Å². The van der Waals surface area contributed by atoms with E-state index >= 15 is 0 Å². The Kier molecular flexibility index (Phi) is 19.9. The summed E-state index contributed by atoms with van der Waals surface area (Å²) in [5.74, 6) is -7.62. The number of aliphatic carboxylic acids is 5. The summed E-state index contributed by atoms with van der Waals surface area (Å²) in [6.45, 7) is -0.325. The minimum atomic E-state index is -1.41. The van der Waals surface area contributed by atoms with Crippen molar-refractivity contribution >= 4 is 41.7 Å². The first-order valence-electron chi connectivity index (χ1n) is 13.9. The molecule has 0 aromatic rings. The van der Waals surface area contributed by atoms with Crippen LogP contribution in [-0.2, 0) is 33.6 Å². The van der Waals surface area contributed by atoms with Gasteiger partial charge in [0.25, 0.3) is 0 Å². The van der Waals surface area contributed by atoms with E-state index < -0.39 is 74.0 Å². The van der Waals surface area contributed by atoms with E-state index in [4.69, 9.17) is 10.2 Å². The zero-order valence-corrected chi connectivity index (χ0v) is 24.0. The second-order valence-electron chi connectivity index (χ2n) is 9.90. The molecule has 0 aliphatic carbocycles. The first kappa shape index (κ1) is 38.2. The molecule has 0 saturated heterocycles. The minimum absolute atomic E-state index is 0.0106. The number of rotatable bonds is 26. The van der Waals surface area contributed by atoms with Crippen LogP contribution in [0.15, 0.2) is 0 Å². The number of carbonyl (C=O) groups is 7. The van der Waals surface area contributed by atoms with Crippen LogP contribution in [0.3, 0.4) is 0 Å². The van der Waals surface area contributed by atoms with Crippen molar-refractivity contribution in [1.82, 2.24) is 20.4 Å². The maximum atomic E-state index is 13.2. The molecule has 0 rings (SSSR count). The van der Waals surface area contributed by atoms with Crippen molar-refractivity contribution in [2.75, 3.05) is 39.3 Å². The zero-order chi connectivity index (χ0) is 32.1. The second kappa shape index (κ2) is 21.9. The highest BCUT2D eigenvalue weighted by Gasteiger charge is 2.31. The summed E-state index contributed by atoms with van der Waals surface area (Å²) in [7, 11) is 0. The Bertz CT molecular complexity index is 882. The molecule has 0 aromatic heterocycles. The fourth-order valence-corrected chi connectivity index (χ4v) is 4.22. The fourth-order valence-electron chi connectivity index (χ4n) is 4.22. The number of carbonyl (C=O) groups excluding carboxylic acids is 2. The third-order valence-corrected chi connectivity index (χ3v) is 6.20. The van der Waals surface area contributed by atoms with Crippen LogP contribution < -0.4 is 10.6 Å². The third kappa shape index (κ3) is 19.3. The molecule has 16 heteroatoms. The summed E-state index contributed by atoms with van der Waals surface area (Å²) in [4.78, 5) is 83.6. The molecule has 0 radical (unpaired) electrons. The molecule has 0 unspecified atom stereocenters. The number of hydrogen-bond donors (Lipinski definition) is 7. The van der Waals surface area contributed by atoms with E-state index in [-0.39, 0.29) is 38.1 Å². The minimum Gasteiger partial charge on any atom is -0.480 e. The molecule has 0 aliphatic rings. The lowest BCUT2D eigenvalue weighted by Crippen LogP contribution is -2.54. The summed E-state index contributed by atoms with van der Waals surface area (Å²) in [6.07, 6.45) is 4.17. The van der Waals surface area contributed by atoms with Gasteiger partial charge in [0.2, 0.25) is 11.8 Å². The van der Waals surface area contributed by atoms with Crippen LogP contribution in [0, 0.1) is 0 Å². The monoisotopic (exact) mass is 604 g/mol. The predicted molar refractivity (Wildman–Crippen MR) is 147 cm³/mol. The van der Waals surface area contributed by atoms with Gasteiger partial charge < -0.3 is 36.2 Å². The molecule has 0 saturated carbocycles. The van der Waals surface area contributed by atoms with Crippen LogP contribution in [0.1, 0.15) is 71.1 Å². The van der Waals surface area contributed by atoms with Gasteiger partial charge in [-0.15, -0.1) is 0 Å². The molecule has 240 valence electrons. The van der Waals surface area contributed by atoms with Crippen molar-refractivity contribution in [2.45, 2.75) is 83.2 Å². The number of nitrogens with zero attached hydrogens (tertiary/aromatic N) is 2. The van der Waals surface area contributed by atoms with Crippen molar-refractivity contribution in [3.8, 4) is 0 Å². The maximum Gasteiger partial charge on any atom is 0.326 e. The average molecular weight is 605 g/mol. The number of unbranched alkanes of at least 4 members (excludes halogenated alkanes) is 4. The first-order valence-corrected chi connectivity index (χ1v) is 13.9. The number of carboxylic acids is 5. The highest BCUT2D eigenvalue weighted by molar-refractivity contribution is 5.88. The Morgan fingerprint density at radius 3 is 1.71 bits per heavy atom. The molecule has 2 atom stereocenters. The van der Waals surface area contributed by atoms with E-state index in [0.717, 1.165) is 29.1 Å². The van der Waals surface area contributed by atoms with Crippen molar-refractivity contribution in [3.63, 3.8) is 0 Å². The average Bonchev–Trinajstić information content (AvgIpc) is 2.86. The fraction of sp³-hybridized carbons (Fsp3) is 0.731. The van der Waals surface area contributed by atoms with Crippen molar-refractivity contribution in [1.29, 1.82) is 0 Å². The van der Waals surface area contributed by atoms with Gasteiger partial charge in [0.15, 0.2) is 0 Å². The lowest BCUT2D eigenvalue weighted by Gasteiger charge is -2.29. The Labute approximate surface area is 244 Å². The van der Waals surface area contributed by atoms with Gasteiger partial charge in [-0.3, -0.25) is 38.6 Å². The zero-order valence-electron chi connectivity index (χ0n) is 24.0. The van der Waals surface area contributed by atoms with Gasteiger partial charge in [-0.1, -0.05) is 26.2 Å². The normalized spacial score (nSPS) is 12.5. The Morgan fingerprint density at radius 1 is 0.667 bits per heavy atom. The summed E-state index contributed by atoms with van der Waals surface area (Å²) < 4.78 is 0. The van der Waals surface area contributed by atoms with Crippen molar-refractivity contribution in [3.05, 3.63) is 0 Å². The largest absolute Gasteiger partial charge is 0.480 e. The van der Waals surface area contributed by atoms with Crippen molar-refractivity contribution in [2.24, 2.45) is 0 Å². The van der Waals surface area contributed by atoms with Crippen LogP contribution in [0.5, 0.6) is 0 Å². The number of amides is 2. The summed E-state index contributed by atoms with van der Waals surface area (Å²) >= 11 is 0. The predicted octanol–water partition coefficient (Wildman–Crippen LogP) is -0.0961. The molecule has 0 fully saturated rings. The molecule has 0 bridgehead atoms. The Hall–Kier alpha value is -3.79. The maximum absolute atomic E-state index is 13.2. The molecule has 16 nitrogen and oxygen atoms in total. The van der Waals surface area contributed by atoms with E-state index in [2.05, 4.69) is 10.6 Å². The van der Waals surface area contributed by atoms with Gasteiger partial charge >= 0.3 is 29.8 Å². The van der Waals surface area contributed by atoms with E-state index in [9.17, 15) is 48.9 Å². The summed E-state index contributed by atoms with van der Waals surface area (Å²) in [5.41, 5.74) is 0. The quantitative estimate of drug-likeness (QED) is 0.0637. The van der Waals surface area contributed by atoms with Gasteiger partial charge in [0, 0.05) is 13.0 Å². The Balaban J connectivity index is 5.31. The third-order valence-electron chi connectivity index (χ3n) is 6.20. The van der Waals surface area contributed by atoms with Crippen LogP contribution in [-0.4, -0.2) is 128 Å². The van der Waals surface area contributed by atoms with Crippen LogP contribution >= 0.6 is 0 Å². The van der Waals surface area contributed by atoms with E-state index in [1.807, 2.05) is 6.92 Å². The number of nitrogens with one attached hydrogen (secondary N) is 2. The van der Waals surface area contributed by atoms with Gasteiger partial charge in [0.1, 0.15) is 6.04 Å². The topological polar surface area (TPSA) is 251 Å². The molecular weight excluding hydrogens is 560 g/mol. The van der Waals surface area contributed by atoms with Crippen LogP contribution in [0.2, 0.25) is 0 Å². The smallest absolute Gasteiger partial charge is 0.326 e. The van der Waals surface area contributed by atoms with Gasteiger partial charge in [-0.25, -0.2) is 4.79 Å². The number of hydrogen-bond acceptors (Lipinski definition) is 9. The van der Waals surface area contributed by atoms with E-state index in [1.54, 1.807) is 0 Å². The van der Waals surface area contributed by atoms with Crippen LogP contribution in [0.4, 0.5) is 0 Å². The second-order valence-corrected chi connectivity index (χ2v) is 9.90. The molecule has 0 aliphatic heterocycles. The molecule has 7 N–H and O–H groups in total. The summed E-state index contributed by atoms with van der Waals surface area (Å²) in [6, 6.07) is -2.69. The van der Waals surface area contributed by atoms with Crippen LogP contribution in [0.25, 0.3) is 0 Å². The van der Waals surface area contributed by atoms with Crippen molar-refractivity contribution < 1.29 is 59.1 Å². The first-order chi connectivity index (χ1) is 19.8. The lowest BCUT2D eigenvalue weighted by atomic mass is 10.0. The van der Waals surface area contributed by atoms with Gasteiger partial charge in [-0.2, -0.15) is 0 Å². The molecule has 42 heavy (non-hydrogen) atoms. The molecule has 0 aromatic carbocycles. The highest BCUT2D eigenvalue weighted by Crippen LogP contribution is 2.13. The summed E-state index contributed by atoms with van der Waals surface area (Å²) in [5, 5.41) is 51.2. The molecule has 0 spiro atoms. The Morgan fingerprint density at radius 2 is 1.21 bits per heavy atom. The molecule has 0 heterocycles. The van der Waals surface area contributed by atoms with Gasteiger partial charge in [-0.05, 0) is 45.1 Å². The van der Waals surface area contributed by atoms with Gasteiger partial charge in [0.05, 0.1) is 32.2 Å². The lowest BCUT2D eigenvalue weighted by molar-refractivity contribution is -0.147. The van der Waals surface area contributed by atoms with E-state index in [0.29, 0.717) is 25.8 Å². The highest BCUT2D eigenvalue weighted by atomic mass is 16.4. The molecule has 2 amide bonds. The standard InChI is InChI=1S/C26H44N4O12/c1-2-3-4-11-20(31)27-12-7-5-9-18(26(41)42)28-25(40)19(30(16-23(36)37)17-24(38)39)10-6-8-13-29(14-21(32)33)15-22(34)35/h18-19H,2-17H2,1H3,(H,27,31)(H,28,40)(H,32,33)(H,34,35)(H,36,37)(H,38,39)(H,41,42)/t18-,19-/m0/s1. The SMILES string of the molecule is CCCCCC(=O)NCCCC[C@H](NC(=O)[C@H](CCCCN(CC(=O)O)CC(=O)O)N(CC(=O)O)CC(=O)O)C(=O)O. The molecular formula is C26H44N4O12. The number of carboxylic acid groups (broad SMARTS) is 5.